The third-order valence-corrected chi connectivity index (χ3v) is 3.15. The van der Waals surface area contributed by atoms with Crippen LogP contribution in [0.2, 0.25) is 0 Å². The standard InChI is InChI=1S/C13H18N2O3/c1-17-13(16)8-6-10(14)12(11(15)7-8)18-9-4-2-3-5-9/h6-7,9H,2-5,14-15H2,1H3. The summed E-state index contributed by atoms with van der Waals surface area (Å²) in [6.07, 6.45) is 4.57. The number of nitrogens with two attached hydrogens (primary N) is 2. The molecule has 2 rings (SSSR count). The van der Waals surface area contributed by atoms with Gasteiger partial charge in [-0.3, -0.25) is 0 Å². The topological polar surface area (TPSA) is 87.6 Å². The lowest BCUT2D eigenvalue weighted by Crippen LogP contribution is -2.14. The van der Waals surface area contributed by atoms with E-state index in [4.69, 9.17) is 16.2 Å². The fourth-order valence-corrected chi connectivity index (χ4v) is 2.22. The number of ether oxygens (including phenoxy) is 2. The van der Waals surface area contributed by atoms with Gasteiger partial charge >= 0.3 is 5.97 Å². The van der Waals surface area contributed by atoms with Gasteiger partial charge in [0.1, 0.15) is 0 Å². The SMILES string of the molecule is COC(=O)c1cc(N)c(OC2CCCC2)c(N)c1. The molecule has 0 radical (unpaired) electrons. The van der Waals surface area contributed by atoms with Crippen LogP contribution in [-0.2, 0) is 4.74 Å². The number of hydrogen-bond acceptors (Lipinski definition) is 5. The molecule has 1 fully saturated rings. The van der Waals surface area contributed by atoms with Crippen LogP contribution in [0.25, 0.3) is 0 Å². The number of carbonyl (C=O) groups is 1. The quantitative estimate of drug-likeness (QED) is 0.632. The Kier molecular flexibility index (Phi) is 3.60. The monoisotopic (exact) mass is 250 g/mol. The molecular weight excluding hydrogens is 232 g/mol. The Balaban J connectivity index is 2.23. The van der Waals surface area contributed by atoms with E-state index < -0.39 is 5.97 Å². The predicted octanol–water partition coefficient (Wildman–Crippen LogP) is 1.96. The number of benzene rings is 1. The third-order valence-electron chi connectivity index (χ3n) is 3.15. The molecule has 1 saturated carbocycles. The molecule has 4 N–H and O–H groups in total. The summed E-state index contributed by atoms with van der Waals surface area (Å²) < 4.78 is 10.4. The van der Waals surface area contributed by atoms with Gasteiger partial charge in [0.15, 0.2) is 5.75 Å². The second kappa shape index (κ2) is 5.16. The number of anilines is 2. The molecule has 98 valence electrons. The molecule has 0 aromatic heterocycles. The van der Waals surface area contributed by atoms with Crippen molar-refractivity contribution in [3.05, 3.63) is 17.7 Å². The molecule has 0 spiro atoms. The highest BCUT2D eigenvalue weighted by Gasteiger charge is 2.20. The maximum atomic E-state index is 11.4. The van der Waals surface area contributed by atoms with Gasteiger partial charge in [0.05, 0.1) is 30.2 Å². The second-order valence-electron chi connectivity index (χ2n) is 4.50. The summed E-state index contributed by atoms with van der Waals surface area (Å²) in [4.78, 5) is 11.4. The van der Waals surface area contributed by atoms with Gasteiger partial charge in [-0.05, 0) is 37.8 Å². The van der Waals surface area contributed by atoms with Crippen molar-refractivity contribution in [2.45, 2.75) is 31.8 Å². The molecule has 5 heteroatoms. The highest BCUT2D eigenvalue weighted by molar-refractivity contribution is 5.93. The first-order chi connectivity index (χ1) is 8.61. The van der Waals surface area contributed by atoms with Crippen LogP contribution in [0.4, 0.5) is 11.4 Å². The molecule has 0 unspecified atom stereocenters. The predicted molar refractivity (Wildman–Crippen MR) is 69.5 cm³/mol. The van der Waals surface area contributed by atoms with E-state index in [1.165, 1.54) is 32.1 Å². The molecule has 1 aromatic carbocycles. The summed E-state index contributed by atoms with van der Waals surface area (Å²) in [6.45, 7) is 0. The molecule has 0 aliphatic heterocycles. The maximum absolute atomic E-state index is 11.4. The molecule has 0 atom stereocenters. The number of esters is 1. The van der Waals surface area contributed by atoms with Crippen LogP contribution < -0.4 is 16.2 Å². The average Bonchev–Trinajstić information content (AvgIpc) is 2.85. The van der Waals surface area contributed by atoms with Gasteiger partial charge in [-0.15, -0.1) is 0 Å². The van der Waals surface area contributed by atoms with Gasteiger partial charge < -0.3 is 20.9 Å². The molecule has 1 aliphatic carbocycles. The van der Waals surface area contributed by atoms with Crippen LogP contribution in [0, 0.1) is 0 Å². The summed E-state index contributed by atoms with van der Waals surface area (Å²) in [5.74, 6) is 0.0235. The zero-order chi connectivity index (χ0) is 13.1. The molecule has 0 heterocycles. The van der Waals surface area contributed by atoms with Gasteiger partial charge in [0, 0.05) is 0 Å². The minimum atomic E-state index is -0.458. The van der Waals surface area contributed by atoms with Crippen LogP contribution in [0.15, 0.2) is 12.1 Å². The van der Waals surface area contributed by atoms with Gasteiger partial charge in [-0.1, -0.05) is 0 Å². The third kappa shape index (κ3) is 2.50. The first-order valence-corrected chi connectivity index (χ1v) is 6.05. The second-order valence-corrected chi connectivity index (χ2v) is 4.50. The fraction of sp³-hybridized carbons (Fsp3) is 0.462. The Hall–Kier alpha value is -1.91. The van der Waals surface area contributed by atoms with Crippen LogP contribution in [-0.4, -0.2) is 19.2 Å². The van der Waals surface area contributed by atoms with Crippen molar-refractivity contribution in [1.82, 2.24) is 0 Å². The number of hydrogen-bond donors (Lipinski definition) is 2. The van der Waals surface area contributed by atoms with Crippen molar-refractivity contribution in [1.29, 1.82) is 0 Å². The van der Waals surface area contributed by atoms with Crippen molar-refractivity contribution >= 4 is 17.3 Å². The van der Waals surface area contributed by atoms with E-state index in [2.05, 4.69) is 4.74 Å². The zero-order valence-corrected chi connectivity index (χ0v) is 10.4. The van der Waals surface area contributed by atoms with Crippen molar-refractivity contribution < 1.29 is 14.3 Å². The highest BCUT2D eigenvalue weighted by Crippen LogP contribution is 2.34. The van der Waals surface area contributed by atoms with E-state index in [9.17, 15) is 4.79 Å². The lowest BCUT2D eigenvalue weighted by atomic mass is 10.1. The molecule has 0 amide bonds. The number of carbonyl (C=O) groups excluding carboxylic acids is 1. The normalized spacial score (nSPS) is 15.6. The van der Waals surface area contributed by atoms with Crippen molar-refractivity contribution in [2.24, 2.45) is 0 Å². The fourth-order valence-electron chi connectivity index (χ4n) is 2.22. The van der Waals surface area contributed by atoms with Crippen molar-refractivity contribution in [2.75, 3.05) is 18.6 Å². The molecule has 0 saturated heterocycles. The van der Waals surface area contributed by atoms with Crippen LogP contribution >= 0.6 is 0 Å². The lowest BCUT2D eigenvalue weighted by molar-refractivity contribution is 0.0601. The Morgan fingerprint density at radius 2 is 1.78 bits per heavy atom. The molecule has 5 nitrogen and oxygen atoms in total. The Morgan fingerprint density at radius 1 is 1.22 bits per heavy atom. The van der Waals surface area contributed by atoms with E-state index >= 15 is 0 Å². The molecule has 0 bridgehead atoms. The molecular formula is C13H18N2O3. The van der Waals surface area contributed by atoms with Crippen molar-refractivity contribution in [3.8, 4) is 5.75 Å². The van der Waals surface area contributed by atoms with E-state index in [-0.39, 0.29) is 6.10 Å². The van der Waals surface area contributed by atoms with Crippen LogP contribution in [0.1, 0.15) is 36.0 Å². The van der Waals surface area contributed by atoms with Gasteiger partial charge in [-0.25, -0.2) is 4.79 Å². The minimum absolute atomic E-state index is 0.179. The number of methoxy groups -OCH3 is 1. The molecule has 1 aliphatic rings. The largest absolute Gasteiger partial charge is 0.486 e. The number of rotatable bonds is 3. The first-order valence-electron chi connectivity index (χ1n) is 6.05. The van der Waals surface area contributed by atoms with E-state index in [1.54, 1.807) is 0 Å². The van der Waals surface area contributed by atoms with Crippen molar-refractivity contribution in [3.63, 3.8) is 0 Å². The van der Waals surface area contributed by atoms with Gasteiger partial charge in [-0.2, -0.15) is 0 Å². The van der Waals surface area contributed by atoms with Crippen LogP contribution in [0.3, 0.4) is 0 Å². The number of nitrogen functional groups attached to an aromatic ring is 2. The minimum Gasteiger partial charge on any atom is -0.486 e. The van der Waals surface area contributed by atoms with E-state index in [0.717, 1.165) is 12.8 Å². The Bertz CT molecular complexity index is 431. The van der Waals surface area contributed by atoms with E-state index in [0.29, 0.717) is 22.7 Å². The zero-order valence-electron chi connectivity index (χ0n) is 10.4. The smallest absolute Gasteiger partial charge is 0.338 e. The Morgan fingerprint density at radius 3 is 2.28 bits per heavy atom. The summed E-state index contributed by atoms with van der Waals surface area (Å²) in [7, 11) is 1.32. The maximum Gasteiger partial charge on any atom is 0.338 e. The van der Waals surface area contributed by atoms with Gasteiger partial charge in [0.25, 0.3) is 0 Å². The molecule has 1 aromatic rings. The summed E-state index contributed by atoms with van der Waals surface area (Å²) in [6, 6.07) is 3.07. The highest BCUT2D eigenvalue weighted by atomic mass is 16.5. The average molecular weight is 250 g/mol. The lowest BCUT2D eigenvalue weighted by Gasteiger charge is -2.17. The summed E-state index contributed by atoms with van der Waals surface area (Å²) >= 11 is 0. The van der Waals surface area contributed by atoms with Gasteiger partial charge in [0.2, 0.25) is 0 Å². The van der Waals surface area contributed by atoms with Crippen LogP contribution in [0.5, 0.6) is 5.75 Å². The first kappa shape index (κ1) is 12.5. The summed E-state index contributed by atoms with van der Waals surface area (Å²) in [5.41, 5.74) is 12.9. The van der Waals surface area contributed by atoms with E-state index in [1.807, 2.05) is 0 Å². The molecule has 18 heavy (non-hydrogen) atoms. The summed E-state index contributed by atoms with van der Waals surface area (Å²) in [5, 5.41) is 0. The Labute approximate surface area is 106 Å².